The minimum Gasteiger partial charge on any atom is -0.497 e. The van der Waals surface area contributed by atoms with E-state index in [9.17, 15) is 0 Å². The number of rotatable bonds is 4. The quantitative estimate of drug-likeness (QED) is 0.730. The Hall–Kier alpha value is -2.11. The minimum absolute atomic E-state index is 0.341. The van der Waals surface area contributed by atoms with Gasteiger partial charge in [-0.3, -0.25) is 9.88 Å². The van der Waals surface area contributed by atoms with E-state index in [1.807, 2.05) is 12.3 Å². The van der Waals surface area contributed by atoms with Crippen LogP contribution < -0.4 is 4.74 Å². The molecule has 0 saturated carbocycles. The van der Waals surface area contributed by atoms with E-state index in [0.717, 1.165) is 44.3 Å². The second-order valence-electron chi connectivity index (χ2n) is 6.81. The Morgan fingerprint density at radius 3 is 2.76 bits per heavy atom. The normalized spacial score (nSPS) is 17.2. The van der Waals surface area contributed by atoms with E-state index in [-0.39, 0.29) is 0 Å². The first-order valence-corrected chi connectivity index (χ1v) is 8.92. The van der Waals surface area contributed by atoms with Crippen LogP contribution in [0.2, 0.25) is 0 Å². The van der Waals surface area contributed by atoms with Crippen LogP contribution in [-0.4, -0.2) is 54.4 Å². The topological polar surface area (TPSA) is 39.5 Å². The van der Waals surface area contributed by atoms with Gasteiger partial charge in [0, 0.05) is 48.7 Å². The Bertz CT molecular complexity index is 897. The van der Waals surface area contributed by atoms with Gasteiger partial charge in [0.2, 0.25) is 0 Å². The number of methoxy groups -OCH3 is 1. The number of fused-ring (bicyclic) bond motifs is 3. The number of nitrogens with zero attached hydrogens (tertiary/aromatic N) is 3. The maximum absolute atomic E-state index is 5.49. The molecular weight excluding hydrogens is 314 g/mol. The summed E-state index contributed by atoms with van der Waals surface area (Å²) in [6.07, 6.45) is 1.90. The molecule has 0 spiro atoms. The van der Waals surface area contributed by atoms with E-state index < -0.39 is 0 Å². The van der Waals surface area contributed by atoms with Gasteiger partial charge in [0.1, 0.15) is 5.75 Å². The summed E-state index contributed by atoms with van der Waals surface area (Å²) in [5, 5.41) is 2.52. The van der Waals surface area contributed by atoms with Crippen LogP contribution in [0.1, 0.15) is 18.7 Å². The van der Waals surface area contributed by atoms with E-state index in [0.29, 0.717) is 6.04 Å². The molecule has 3 aromatic rings. The summed E-state index contributed by atoms with van der Waals surface area (Å²) >= 11 is 0. The molecule has 1 saturated heterocycles. The van der Waals surface area contributed by atoms with Crippen molar-refractivity contribution in [3.8, 4) is 5.75 Å². The molecule has 1 atom stereocenters. The van der Waals surface area contributed by atoms with Crippen LogP contribution in [-0.2, 0) is 4.74 Å². The SMILES string of the molecule is COc1ccc2c3ccnc(C)c3n(C(C)CN3CCOCC3)c2c1. The lowest BCUT2D eigenvalue weighted by Crippen LogP contribution is -2.39. The zero-order chi connectivity index (χ0) is 17.4. The molecule has 1 unspecified atom stereocenters. The summed E-state index contributed by atoms with van der Waals surface area (Å²) in [5.74, 6) is 0.890. The zero-order valence-corrected chi connectivity index (χ0v) is 15.2. The first kappa shape index (κ1) is 16.4. The van der Waals surface area contributed by atoms with Gasteiger partial charge in [-0.15, -0.1) is 0 Å². The third-order valence-electron chi connectivity index (χ3n) is 5.17. The molecule has 5 heteroatoms. The van der Waals surface area contributed by atoms with Crippen molar-refractivity contribution in [2.45, 2.75) is 19.9 Å². The third kappa shape index (κ3) is 2.87. The average Bonchev–Trinajstić information content (AvgIpc) is 2.97. The van der Waals surface area contributed by atoms with Gasteiger partial charge in [-0.1, -0.05) is 0 Å². The van der Waals surface area contributed by atoms with Gasteiger partial charge in [0.25, 0.3) is 0 Å². The third-order valence-corrected chi connectivity index (χ3v) is 5.17. The van der Waals surface area contributed by atoms with Gasteiger partial charge in [0.05, 0.1) is 37.1 Å². The maximum atomic E-state index is 5.49. The standard InChI is InChI=1S/C20H25N3O2/c1-14(13-22-8-10-25-11-9-22)23-19-12-16(24-3)4-5-17(19)18-6-7-21-15(2)20(18)23/h4-7,12,14H,8-11,13H2,1-3H3. The fourth-order valence-corrected chi connectivity index (χ4v) is 3.96. The monoisotopic (exact) mass is 339 g/mol. The number of benzene rings is 1. The molecule has 2 aromatic heterocycles. The van der Waals surface area contributed by atoms with E-state index in [1.165, 1.54) is 21.8 Å². The predicted molar refractivity (Wildman–Crippen MR) is 100 cm³/mol. The maximum Gasteiger partial charge on any atom is 0.120 e. The van der Waals surface area contributed by atoms with E-state index in [1.54, 1.807) is 7.11 Å². The Labute approximate surface area is 148 Å². The minimum atomic E-state index is 0.341. The molecule has 1 fully saturated rings. The van der Waals surface area contributed by atoms with Gasteiger partial charge >= 0.3 is 0 Å². The van der Waals surface area contributed by atoms with Crippen LogP contribution in [0.4, 0.5) is 0 Å². The number of morpholine rings is 1. The van der Waals surface area contributed by atoms with Crippen LogP contribution in [0.25, 0.3) is 21.8 Å². The predicted octanol–water partition coefficient (Wildman–Crippen LogP) is 3.40. The molecule has 5 nitrogen and oxygen atoms in total. The number of hydrogen-bond acceptors (Lipinski definition) is 4. The molecular formula is C20H25N3O2. The van der Waals surface area contributed by atoms with Crippen molar-refractivity contribution in [1.82, 2.24) is 14.5 Å². The van der Waals surface area contributed by atoms with Gasteiger partial charge in [-0.05, 0) is 32.0 Å². The van der Waals surface area contributed by atoms with Crippen molar-refractivity contribution in [3.63, 3.8) is 0 Å². The second-order valence-corrected chi connectivity index (χ2v) is 6.81. The number of ether oxygens (including phenoxy) is 2. The highest BCUT2D eigenvalue weighted by Gasteiger charge is 2.20. The smallest absolute Gasteiger partial charge is 0.120 e. The molecule has 0 aliphatic carbocycles. The molecule has 25 heavy (non-hydrogen) atoms. The molecule has 1 aliphatic heterocycles. The molecule has 0 radical (unpaired) electrons. The van der Waals surface area contributed by atoms with Crippen molar-refractivity contribution in [2.75, 3.05) is 40.0 Å². The summed E-state index contributed by atoms with van der Waals surface area (Å²) in [6.45, 7) is 9.05. The number of aromatic nitrogens is 2. The van der Waals surface area contributed by atoms with Gasteiger partial charge in [0.15, 0.2) is 0 Å². The van der Waals surface area contributed by atoms with E-state index >= 15 is 0 Å². The average molecular weight is 339 g/mol. The van der Waals surface area contributed by atoms with Crippen molar-refractivity contribution >= 4 is 21.8 Å². The van der Waals surface area contributed by atoms with Gasteiger partial charge < -0.3 is 14.0 Å². The van der Waals surface area contributed by atoms with Crippen molar-refractivity contribution in [2.24, 2.45) is 0 Å². The van der Waals surface area contributed by atoms with Crippen LogP contribution in [0, 0.1) is 6.92 Å². The Balaban J connectivity index is 1.86. The number of aryl methyl sites for hydroxylation is 1. The van der Waals surface area contributed by atoms with Crippen LogP contribution in [0.3, 0.4) is 0 Å². The molecule has 0 amide bonds. The molecule has 4 rings (SSSR count). The first-order valence-electron chi connectivity index (χ1n) is 8.92. The van der Waals surface area contributed by atoms with Crippen LogP contribution in [0.15, 0.2) is 30.5 Å². The lowest BCUT2D eigenvalue weighted by atomic mass is 10.1. The van der Waals surface area contributed by atoms with E-state index in [2.05, 4.69) is 46.5 Å². The first-order chi connectivity index (χ1) is 12.2. The van der Waals surface area contributed by atoms with Crippen molar-refractivity contribution < 1.29 is 9.47 Å². The molecule has 0 bridgehead atoms. The van der Waals surface area contributed by atoms with E-state index in [4.69, 9.17) is 9.47 Å². The number of hydrogen-bond donors (Lipinski definition) is 0. The molecule has 132 valence electrons. The molecule has 0 N–H and O–H groups in total. The van der Waals surface area contributed by atoms with Crippen molar-refractivity contribution in [3.05, 3.63) is 36.2 Å². The summed E-state index contributed by atoms with van der Waals surface area (Å²) in [6, 6.07) is 8.80. The largest absolute Gasteiger partial charge is 0.497 e. The number of pyridine rings is 1. The molecule has 3 heterocycles. The highest BCUT2D eigenvalue weighted by molar-refractivity contribution is 6.09. The zero-order valence-electron chi connectivity index (χ0n) is 15.2. The Kier molecular flexibility index (Phi) is 4.36. The highest BCUT2D eigenvalue weighted by Crippen LogP contribution is 2.35. The Morgan fingerprint density at radius 2 is 2.00 bits per heavy atom. The van der Waals surface area contributed by atoms with Crippen molar-refractivity contribution in [1.29, 1.82) is 0 Å². The fourth-order valence-electron chi connectivity index (χ4n) is 3.96. The van der Waals surface area contributed by atoms with Gasteiger partial charge in [-0.2, -0.15) is 0 Å². The summed E-state index contributed by atoms with van der Waals surface area (Å²) < 4.78 is 13.4. The second kappa shape index (κ2) is 6.65. The molecule has 1 aliphatic rings. The van der Waals surface area contributed by atoms with Gasteiger partial charge in [-0.25, -0.2) is 0 Å². The molecule has 1 aromatic carbocycles. The summed E-state index contributed by atoms with van der Waals surface area (Å²) in [4.78, 5) is 7.03. The summed E-state index contributed by atoms with van der Waals surface area (Å²) in [7, 11) is 1.72. The van der Waals surface area contributed by atoms with Crippen LogP contribution in [0.5, 0.6) is 5.75 Å². The summed E-state index contributed by atoms with van der Waals surface area (Å²) in [5.41, 5.74) is 3.51. The lowest BCUT2D eigenvalue weighted by Gasteiger charge is -2.30. The Morgan fingerprint density at radius 1 is 1.20 bits per heavy atom. The van der Waals surface area contributed by atoms with Crippen LogP contribution >= 0.6 is 0 Å². The highest BCUT2D eigenvalue weighted by atomic mass is 16.5. The fraction of sp³-hybridized carbons (Fsp3) is 0.450. The lowest BCUT2D eigenvalue weighted by molar-refractivity contribution is 0.0330.